The van der Waals surface area contributed by atoms with E-state index in [1.165, 1.54) is 0 Å². The van der Waals surface area contributed by atoms with E-state index in [0.29, 0.717) is 29.6 Å². The van der Waals surface area contributed by atoms with Gasteiger partial charge in [0.15, 0.2) is 5.78 Å². The normalized spacial score (nSPS) is 11.9. The lowest BCUT2D eigenvalue weighted by atomic mass is 9.95. The molecule has 37 heavy (non-hydrogen) atoms. The van der Waals surface area contributed by atoms with Crippen molar-refractivity contribution in [2.24, 2.45) is 5.92 Å². The Labute approximate surface area is 216 Å². The zero-order valence-electron chi connectivity index (χ0n) is 21.1. The molecule has 1 heterocycles. The highest BCUT2D eigenvalue weighted by Gasteiger charge is 2.16. The second-order valence-electron chi connectivity index (χ2n) is 9.49. The fourth-order valence-corrected chi connectivity index (χ4v) is 4.15. The number of carboxylic acids is 1. The average molecular weight is 498 g/mol. The van der Waals surface area contributed by atoms with Crippen LogP contribution >= 0.6 is 0 Å². The lowest BCUT2D eigenvalue weighted by Gasteiger charge is -2.22. The van der Waals surface area contributed by atoms with E-state index in [-0.39, 0.29) is 24.7 Å². The first-order valence-electron chi connectivity index (χ1n) is 12.5. The molecule has 0 bridgehead atoms. The molecule has 2 N–H and O–H groups in total. The molecule has 3 aromatic carbocycles. The Morgan fingerprint density at radius 3 is 2.24 bits per heavy atom. The quantitative estimate of drug-likeness (QED) is 0.202. The highest BCUT2D eigenvalue weighted by molar-refractivity contribution is 5.96. The van der Waals surface area contributed by atoms with Crippen LogP contribution in [0.15, 0.2) is 83.4 Å². The number of carbonyl (C=O) groups excluding carboxylic acids is 1. The minimum absolute atomic E-state index is 0.00195. The molecule has 0 aliphatic rings. The summed E-state index contributed by atoms with van der Waals surface area (Å²) in [4.78, 5) is 27.5. The highest BCUT2D eigenvalue weighted by atomic mass is 16.5. The van der Waals surface area contributed by atoms with Crippen LogP contribution in [0.25, 0.3) is 22.8 Å². The SMILES string of the molecule is CC(C)C[C@@H](Nc1ccc(C(=O)CCCC(=O)O)cc1)c1ccc(-c2noc(-c3ccccc3)n2)cc1. The first-order valence-corrected chi connectivity index (χ1v) is 12.5. The third-order valence-corrected chi connectivity index (χ3v) is 6.07. The van der Waals surface area contributed by atoms with Gasteiger partial charge in [-0.25, -0.2) is 0 Å². The van der Waals surface area contributed by atoms with Gasteiger partial charge in [0.25, 0.3) is 5.89 Å². The molecule has 1 atom stereocenters. The lowest BCUT2D eigenvalue weighted by Crippen LogP contribution is -2.13. The molecule has 0 unspecified atom stereocenters. The van der Waals surface area contributed by atoms with E-state index in [9.17, 15) is 9.59 Å². The van der Waals surface area contributed by atoms with Crippen molar-refractivity contribution < 1.29 is 19.2 Å². The number of hydrogen-bond acceptors (Lipinski definition) is 6. The van der Waals surface area contributed by atoms with Crippen molar-refractivity contribution in [3.8, 4) is 22.8 Å². The molecule has 0 aliphatic carbocycles. The summed E-state index contributed by atoms with van der Waals surface area (Å²) in [6.07, 6.45) is 1.50. The topological polar surface area (TPSA) is 105 Å². The molecule has 0 radical (unpaired) electrons. The third-order valence-electron chi connectivity index (χ3n) is 6.07. The van der Waals surface area contributed by atoms with Gasteiger partial charge in [-0.1, -0.05) is 61.5 Å². The van der Waals surface area contributed by atoms with Gasteiger partial charge in [-0.2, -0.15) is 4.98 Å². The molecule has 4 aromatic rings. The predicted molar refractivity (Wildman–Crippen MR) is 143 cm³/mol. The van der Waals surface area contributed by atoms with E-state index in [1.54, 1.807) is 12.1 Å². The number of Topliss-reactive ketones (excluding diaryl/α,β-unsaturated/α-hetero) is 1. The summed E-state index contributed by atoms with van der Waals surface area (Å²) in [5.74, 6) is 0.577. The van der Waals surface area contributed by atoms with Crippen molar-refractivity contribution in [2.75, 3.05) is 5.32 Å². The third kappa shape index (κ3) is 7.13. The van der Waals surface area contributed by atoms with Crippen molar-refractivity contribution in [3.63, 3.8) is 0 Å². The summed E-state index contributed by atoms with van der Waals surface area (Å²) in [5, 5.41) is 16.5. The predicted octanol–water partition coefficient (Wildman–Crippen LogP) is 7.04. The number of benzene rings is 3. The van der Waals surface area contributed by atoms with Crippen molar-refractivity contribution in [1.29, 1.82) is 0 Å². The molecule has 7 nitrogen and oxygen atoms in total. The summed E-state index contributed by atoms with van der Waals surface area (Å²) in [6.45, 7) is 4.37. The molecular weight excluding hydrogens is 466 g/mol. The maximum Gasteiger partial charge on any atom is 0.303 e. The number of carboxylic acid groups (broad SMARTS) is 1. The number of hydrogen-bond donors (Lipinski definition) is 2. The molecule has 0 fully saturated rings. The highest BCUT2D eigenvalue weighted by Crippen LogP contribution is 2.29. The first-order chi connectivity index (χ1) is 17.9. The van der Waals surface area contributed by atoms with Crippen LogP contribution in [0.5, 0.6) is 0 Å². The Balaban J connectivity index is 1.44. The Bertz CT molecular complexity index is 1310. The van der Waals surface area contributed by atoms with E-state index in [2.05, 4.69) is 41.4 Å². The van der Waals surface area contributed by atoms with Crippen molar-refractivity contribution in [3.05, 3.63) is 90.0 Å². The molecule has 190 valence electrons. The van der Waals surface area contributed by atoms with Gasteiger partial charge in [0.1, 0.15) is 0 Å². The van der Waals surface area contributed by atoms with E-state index < -0.39 is 5.97 Å². The molecule has 0 amide bonds. The molecular formula is C30H31N3O4. The number of nitrogens with zero attached hydrogens (tertiary/aromatic N) is 2. The van der Waals surface area contributed by atoms with Crippen molar-refractivity contribution in [2.45, 2.75) is 45.6 Å². The molecule has 7 heteroatoms. The molecule has 0 saturated heterocycles. The van der Waals surface area contributed by atoms with Crippen LogP contribution in [0.2, 0.25) is 0 Å². The second-order valence-corrected chi connectivity index (χ2v) is 9.49. The van der Waals surface area contributed by atoms with Crippen LogP contribution in [0.4, 0.5) is 5.69 Å². The Hall–Kier alpha value is -4.26. The Morgan fingerprint density at radius 2 is 1.59 bits per heavy atom. The number of ketones is 1. The fourth-order valence-electron chi connectivity index (χ4n) is 4.15. The molecule has 0 saturated carbocycles. The van der Waals surface area contributed by atoms with Gasteiger partial charge in [-0.15, -0.1) is 0 Å². The zero-order valence-corrected chi connectivity index (χ0v) is 21.1. The van der Waals surface area contributed by atoms with Crippen LogP contribution in [0.3, 0.4) is 0 Å². The van der Waals surface area contributed by atoms with E-state index in [1.807, 2.05) is 54.6 Å². The lowest BCUT2D eigenvalue weighted by molar-refractivity contribution is -0.137. The minimum Gasteiger partial charge on any atom is -0.481 e. The van der Waals surface area contributed by atoms with Gasteiger partial charge >= 0.3 is 5.97 Å². The van der Waals surface area contributed by atoms with Gasteiger partial charge in [0, 0.05) is 35.2 Å². The monoisotopic (exact) mass is 497 g/mol. The maximum absolute atomic E-state index is 12.3. The molecule has 4 rings (SSSR count). The number of nitrogens with one attached hydrogen (secondary N) is 1. The van der Waals surface area contributed by atoms with Crippen LogP contribution in [0, 0.1) is 5.92 Å². The van der Waals surface area contributed by atoms with E-state index in [0.717, 1.165) is 28.8 Å². The number of aliphatic carboxylic acids is 1. The summed E-state index contributed by atoms with van der Waals surface area (Å²) in [7, 11) is 0. The van der Waals surface area contributed by atoms with Crippen LogP contribution < -0.4 is 5.32 Å². The molecule has 1 aromatic heterocycles. The largest absolute Gasteiger partial charge is 0.481 e. The summed E-state index contributed by atoms with van der Waals surface area (Å²) in [5.41, 5.74) is 4.41. The molecule has 0 spiro atoms. The van der Waals surface area contributed by atoms with E-state index in [4.69, 9.17) is 9.63 Å². The zero-order chi connectivity index (χ0) is 26.2. The summed E-state index contributed by atoms with van der Waals surface area (Å²) in [6, 6.07) is 25.3. The van der Waals surface area contributed by atoms with Gasteiger partial charge in [-0.05, 0) is 60.7 Å². The first kappa shape index (κ1) is 25.8. The van der Waals surface area contributed by atoms with Crippen molar-refractivity contribution >= 4 is 17.4 Å². The molecule has 0 aliphatic heterocycles. The summed E-state index contributed by atoms with van der Waals surface area (Å²) >= 11 is 0. The van der Waals surface area contributed by atoms with Gasteiger partial charge < -0.3 is 14.9 Å². The summed E-state index contributed by atoms with van der Waals surface area (Å²) < 4.78 is 5.45. The maximum atomic E-state index is 12.3. The Morgan fingerprint density at radius 1 is 0.892 bits per heavy atom. The second kappa shape index (κ2) is 12.1. The average Bonchev–Trinajstić information content (AvgIpc) is 3.39. The van der Waals surface area contributed by atoms with Gasteiger partial charge in [0.05, 0.1) is 6.04 Å². The van der Waals surface area contributed by atoms with Crippen molar-refractivity contribution in [1.82, 2.24) is 10.1 Å². The van der Waals surface area contributed by atoms with E-state index >= 15 is 0 Å². The number of anilines is 1. The number of aromatic nitrogens is 2. The fraction of sp³-hybridized carbons (Fsp3) is 0.267. The Kier molecular flexibility index (Phi) is 8.46. The van der Waals surface area contributed by atoms with Crippen LogP contribution in [-0.4, -0.2) is 27.0 Å². The standard InChI is InChI=1S/C30H31N3O4/c1-20(2)19-26(31-25-17-15-22(16-18-25)27(34)9-6-10-28(35)36)21-11-13-23(14-12-21)29-32-30(37-33-29)24-7-4-3-5-8-24/h3-5,7-8,11-18,20,26,31H,6,9-10,19H2,1-2H3,(H,35,36)/t26-/m1/s1. The van der Waals surface area contributed by atoms with Crippen LogP contribution in [-0.2, 0) is 4.79 Å². The van der Waals surface area contributed by atoms with Gasteiger partial charge in [-0.3, -0.25) is 9.59 Å². The van der Waals surface area contributed by atoms with Crippen LogP contribution in [0.1, 0.15) is 61.5 Å². The number of rotatable bonds is 12. The van der Waals surface area contributed by atoms with Gasteiger partial charge in [0.2, 0.25) is 5.82 Å². The number of carbonyl (C=O) groups is 2. The smallest absolute Gasteiger partial charge is 0.303 e. The minimum atomic E-state index is -0.884.